The fraction of sp³-hybridized carbons (Fsp3) is 0.0270. The second-order valence-electron chi connectivity index (χ2n) is 8.68. The number of phenols is 1. The SMILES string of the molecule is COc1ccccc1-c1ccccc1.Oc1ccccc1-c1ccccc1.c1ccc(-c2ccccc2)cc1. The summed E-state index contributed by atoms with van der Waals surface area (Å²) in [6, 6.07) is 56.2. The highest BCUT2D eigenvalue weighted by Crippen LogP contribution is 2.29. The Hall–Kier alpha value is -5.08. The molecule has 0 radical (unpaired) electrons. The summed E-state index contributed by atoms with van der Waals surface area (Å²) in [5.74, 6) is 1.24. The largest absolute Gasteiger partial charge is 0.507 e. The van der Waals surface area contributed by atoms with Crippen molar-refractivity contribution in [1.29, 1.82) is 0 Å². The Morgan fingerprint density at radius 2 is 0.692 bits per heavy atom. The Kier molecular flexibility index (Phi) is 10.1. The van der Waals surface area contributed by atoms with Crippen molar-refractivity contribution < 1.29 is 9.84 Å². The van der Waals surface area contributed by atoms with Crippen LogP contribution >= 0.6 is 0 Å². The van der Waals surface area contributed by atoms with Gasteiger partial charge in [-0.1, -0.05) is 158 Å². The van der Waals surface area contributed by atoms with Crippen LogP contribution in [0, 0.1) is 0 Å². The Bertz CT molecular complexity index is 1480. The number of ether oxygens (including phenoxy) is 1. The van der Waals surface area contributed by atoms with Crippen molar-refractivity contribution in [1.82, 2.24) is 0 Å². The smallest absolute Gasteiger partial charge is 0.126 e. The number of hydrogen-bond acceptors (Lipinski definition) is 2. The van der Waals surface area contributed by atoms with Gasteiger partial charge in [0.2, 0.25) is 0 Å². The third-order valence-electron chi connectivity index (χ3n) is 6.06. The molecule has 6 aromatic carbocycles. The first kappa shape index (κ1) is 27.0. The maximum atomic E-state index is 9.56. The van der Waals surface area contributed by atoms with Crippen molar-refractivity contribution in [2.45, 2.75) is 0 Å². The summed E-state index contributed by atoms with van der Waals surface area (Å²) in [6.45, 7) is 0. The molecule has 0 spiro atoms. The molecule has 0 bridgehead atoms. The molecule has 1 N–H and O–H groups in total. The highest BCUT2D eigenvalue weighted by atomic mass is 16.5. The highest BCUT2D eigenvalue weighted by molar-refractivity contribution is 5.70. The lowest BCUT2D eigenvalue weighted by Gasteiger charge is -2.07. The van der Waals surface area contributed by atoms with Crippen molar-refractivity contribution in [2.75, 3.05) is 7.11 Å². The Balaban J connectivity index is 0.000000136. The van der Waals surface area contributed by atoms with Gasteiger partial charge in [-0.05, 0) is 34.4 Å². The van der Waals surface area contributed by atoms with Crippen molar-refractivity contribution in [2.24, 2.45) is 0 Å². The van der Waals surface area contributed by atoms with E-state index in [1.165, 1.54) is 16.7 Å². The topological polar surface area (TPSA) is 29.5 Å². The van der Waals surface area contributed by atoms with E-state index in [9.17, 15) is 5.11 Å². The van der Waals surface area contributed by atoms with Gasteiger partial charge in [0.15, 0.2) is 0 Å². The van der Waals surface area contributed by atoms with Crippen LogP contribution in [0.5, 0.6) is 11.5 Å². The fourth-order valence-electron chi connectivity index (χ4n) is 4.10. The second-order valence-corrected chi connectivity index (χ2v) is 8.68. The summed E-state index contributed by atoms with van der Waals surface area (Å²) in [7, 11) is 1.70. The molecule has 0 atom stereocenters. The number of phenolic OH excluding ortho intramolecular Hbond substituents is 1. The van der Waals surface area contributed by atoms with E-state index in [0.29, 0.717) is 5.75 Å². The molecule has 0 aliphatic heterocycles. The molecular weight excluding hydrogens is 476 g/mol. The normalized spacial score (nSPS) is 9.77. The number of rotatable bonds is 4. The summed E-state index contributed by atoms with van der Waals surface area (Å²) < 4.78 is 5.30. The molecule has 39 heavy (non-hydrogen) atoms. The average molecular weight is 509 g/mol. The Morgan fingerprint density at radius 3 is 1.13 bits per heavy atom. The molecule has 0 aromatic heterocycles. The van der Waals surface area contributed by atoms with Crippen LogP contribution in [-0.4, -0.2) is 12.2 Å². The van der Waals surface area contributed by atoms with Crippen LogP contribution < -0.4 is 4.74 Å². The van der Waals surface area contributed by atoms with Crippen LogP contribution in [0.25, 0.3) is 33.4 Å². The predicted molar refractivity (Wildman–Crippen MR) is 164 cm³/mol. The Morgan fingerprint density at radius 1 is 0.359 bits per heavy atom. The number of benzene rings is 6. The van der Waals surface area contributed by atoms with Crippen LogP contribution in [-0.2, 0) is 0 Å². The van der Waals surface area contributed by atoms with E-state index < -0.39 is 0 Å². The summed E-state index contributed by atoms with van der Waals surface area (Å²) in [5, 5.41) is 9.56. The molecule has 0 saturated carbocycles. The van der Waals surface area contributed by atoms with Gasteiger partial charge in [0.25, 0.3) is 0 Å². The zero-order valence-electron chi connectivity index (χ0n) is 22.0. The zero-order chi connectivity index (χ0) is 27.1. The third kappa shape index (κ3) is 7.95. The molecule has 192 valence electrons. The lowest BCUT2D eigenvalue weighted by Crippen LogP contribution is -1.86. The predicted octanol–water partition coefficient (Wildman–Crippen LogP) is 9.77. The molecule has 0 amide bonds. The first-order valence-electron chi connectivity index (χ1n) is 12.9. The van der Waals surface area contributed by atoms with E-state index in [1.807, 2.05) is 97.1 Å². The molecule has 0 heterocycles. The number of hydrogen-bond donors (Lipinski definition) is 1. The van der Waals surface area contributed by atoms with Gasteiger partial charge in [-0.2, -0.15) is 0 Å². The number of aromatic hydroxyl groups is 1. The first-order valence-corrected chi connectivity index (χ1v) is 12.9. The molecular formula is C37H32O2. The summed E-state index contributed by atoms with van der Waals surface area (Å²) >= 11 is 0. The van der Waals surface area contributed by atoms with Gasteiger partial charge in [0, 0.05) is 11.1 Å². The van der Waals surface area contributed by atoms with Crippen LogP contribution in [0.4, 0.5) is 0 Å². The van der Waals surface area contributed by atoms with Crippen LogP contribution in [0.15, 0.2) is 170 Å². The van der Waals surface area contributed by atoms with Crippen molar-refractivity contribution in [3.63, 3.8) is 0 Å². The van der Waals surface area contributed by atoms with E-state index >= 15 is 0 Å². The van der Waals surface area contributed by atoms with Crippen molar-refractivity contribution >= 4 is 0 Å². The zero-order valence-corrected chi connectivity index (χ0v) is 22.0. The third-order valence-corrected chi connectivity index (χ3v) is 6.06. The minimum absolute atomic E-state index is 0.328. The van der Waals surface area contributed by atoms with E-state index in [4.69, 9.17) is 4.74 Å². The summed E-state index contributed by atoms with van der Waals surface area (Å²) in [6.07, 6.45) is 0. The average Bonchev–Trinajstić information content (AvgIpc) is 3.04. The monoisotopic (exact) mass is 508 g/mol. The molecule has 6 aromatic rings. The molecule has 0 aliphatic rings. The Labute approximate surface area is 231 Å². The van der Waals surface area contributed by atoms with Crippen LogP contribution in [0.2, 0.25) is 0 Å². The molecule has 2 nitrogen and oxygen atoms in total. The van der Waals surface area contributed by atoms with Gasteiger partial charge in [-0.3, -0.25) is 0 Å². The minimum Gasteiger partial charge on any atom is -0.507 e. The lowest BCUT2D eigenvalue weighted by molar-refractivity contribution is 0.416. The van der Waals surface area contributed by atoms with Crippen molar-refractivity contribution in [3.05, 3.63) is 170 Å². The standard InChI is InChI=1S/C13H12O.C12H10O.C12H10/c1-14-13-10-6-5-9-12(13)11-7-3-2-4-8-11;13-12-9-5-4-8-11(12)10-6-2-1-3-7-10;1-3-7-11(8-4-1)12-9-5-2-6-10-12/h2-10H,1H3;1-9,13H;1-10H. The first-order chi connectivity index (χ1) is 19.3. The molecule has 0 unspecified atom stereocenters. The minimum atomic E-state index is 0.328. The number of methoxy groups -OCH3 is 1. The molecule has 2 heteroatoms. The van der Waals surface area contributed by atoms with E-state index in [-0.39, 0.29) is 0 Å². The van der Waals surface area contributed by atoms with Crippen LogP contribution in [0.1, 0.15) is 0 Å². The van der Waals surface area contributed by atoms with Gasteiger partial charge in [-0.15, -0.1) is 0 Å². The summed E-state index contributed by atoms with van der Waals surface area (Å²) in [4.78, 5) is 0. The highest BCUT2D eigenvalue weighted by Gasteiger charge is 2.02. The molecule has 0 saturated heterocycles. The summed E-state index contributed by atoms with van der Waals surface area (Å²) in [5.41, 5.74) is 6.79. The maximum Gasteiger partial charge on any atom is 0.126 e. The number of para-hydroxylation sites is 2. The van der Waals surface area contributed by atoms with Gasteiger partial charge >= 0.3 is 0 Å². The second kappa shape index (κ2) is 14.6. The van der Waals surface area contributed by atoms with Gasteiger partial charge in [0.05, 0.1) is 7.11 Å². The van der Waals surface area contributed by atoms with E-state index in [1.54, 1.807) is 13.2 Å². The van der Waals surface area contributed by atoms with Crippen LogP contribution in [0.3, 0.4) is 0 Å². The molecule has 0 fully saturated rings. The van der Waals surface area contributed by atoms with Gasteiger partial charge in [-0.25, -0.2) is 0 Å². The maximum absolute atomic E-state index is 9.56. The van der Waals surface area contributed by atoms with E-state index in [0.717, 1.165) is 22.4 Å². The van der Waals surface area contributed by atoms with Crippen molar-refractivity contribution in [3.8, 4) is 44.9 Å². The quantitative estimate of drug-likeness (QED) is 0.257. The van der Waals surface area contributed by atoms with Gasteiger partial charge in [0.1, 0.15) is 11.5 Å². The fourth-order valence-corrected chi connectivity index (χ4v) is 4.10. The van der Waals surface area contributed by atoms with E-state index in [2.05, 4.69) is 66.7 Å². The van der Waals surface area contributed by atoms with Gasteiger partial charge < -0.3 is 9.84 Å². The molecule has 0 aliphatic carbocycles. The lowest BCUT2D eigenvalue weighted by atomic mass is 10.1. The molecule has 6 rings (SSSR count).